The van der Waals surface area contributed by atoms with Crippen LogP contribution in [0.15, 0.2) is 0 Å². The Morgan fingerprint density at radius 1 is 1.41 bits per heavy atom. The van der Waals surface area contributed by atoms with E-state index in [1.165, 1.54) is 38.5 Å². The molecule has 0 aromatic heterocycles. The number of hydrazine groups is 1. The van der Waals surface area contributed by atoms with Crippen molar-refractivity contribution in [3.63, 3.8) is 0 Å². The second-order valence-corrected chi connectivity index (χ2v) is 6.21. The summed E-state index contributed by atoms with van der Waals surface area (Å²) in [4.78, 5) is 0. The predicted octanol–water partition coefficient (Wildman–Crippen LogP) is 2.60. The van der Waals surface area contributed by atoms with Crippen LogP contribution >= 0.6 is 0 Å². The Hall–Kier alpha value is -0.120. The Kier molecular flexibility index (Phi) is 4.45. The molecular formula is C14H28N2O. The second-order valence-electron chi connectivity index (χ2n) is 6.21. The third-order valence-corrected chi connectivity index (χ3v) is 4.79. The summed E-state index contributed by atoms with van der Waals surface area (Å²) in [6, 6.07) is 0.329. The third-order valence-electron chi connectivity index (χ3n) is 4.79. The molecule has 2 fully saturated rings. The smallest absolute Gasteiger partial charge is 0.0846 e. The van der Waals surface area contributed by atoms with Crippen LogP contribution in [0.5, 0.6) is 0 Å². The van der Waals surface area contributed by atoms with Crippen molar-refractivity contribution in [2.45, 2.75) is 69.9 Å². The van der Waals surface area contributed by atoms with Crippen molar-refractivity contribution < 1.29 is 4.74 Å². The number of ether oxygens (including phenoxy) is 1. The minimum atomic E-state index is -0.0126. The summed E-state index contributed by atoms with van der Waals surface area (Å²) >= 11 is 0. The fourth-order valence-electron chi connectivity index (χ4n) is 3.50. The number of hydrogen-bond acceptors (Lipinski definition) is 3. The molecule has 0 aromatic carbocycles. The average Bonchev–Trinajstić information content (AvgIpc) is 3.14. The summed E-state index contributed by atoms with van der Waals surface area (Å²) in [6.45, 7) is 2.33. The average molecular weight is 240 g/mol. The monoisotopic (exact) mass is 240 g/mol. The van der Waals surface area contributed by atoms with Crippen LogP contribution in [0.3, 0.4) is 0 Å². The lowest BCUT2D eigenvalue weighted by Gasteiger charge is -2.44. The first-order chi connectivity index (χ1) is 8.20. The van der Waals surface area contributed by atoms with E-state index in [2.05, 4.69) is 12.3 Å². The highest BCUT2D eigenvalue weighted by Crippen LogP contribution is 2.40. The van der Waals surface area contributed by atoms with Gasteiger partial charge in [-0.2, -0.15) is 0 Å². The fourth-order valence-corrected chi connectivity index (χ4v) is 3.50. The van der Waals surface area contributed by atoms with Crippen LogP contribution in [-0.2, 0) is 4.74 Å². The quantitative estimate of drug-likeness (QED) is 0.554. The molecule has 0 aromatic rings. The van der Waals surface area contributed by atoms with E-state index in [1.807, 2.05) is 7.11 Å². The standard InChI is InChI=1S/C14H28N2O/c1-11-4-3-9-14(10-11,17-2)13(16-15)8-7-12-5-6-12/h11-13,16H,3-10,15H2,1-2H3. The van der Waals surface area contributed by atoms with Gasteiger partial charge < -0.3 is 4.74 Å². The molecule has 3 nitrogen and oxygen atoms in total. The summed E-state index contributed by atoms with van der Waals surface area (Å²) in [6.07, 6.45) is 10.3. The highest BCUT2D eigenvalue weighted by atomic mass is 16.5. The van der Waals surface area contributed by atoms with Gasteiger partial charge in [-0.25, -0.2) is 0 Å². The van der Waals surface area contributed by atoms with E-state index >= 15 is 0 Å². The first kappa shape index (κ1) is 13.3. The van der Waals surface area contributed by atoms with Crippen LogP contribution in [0.4, 0.5) is 0 Å². The van der Waals surface area contributed by atoms with Gasteiger partial charge in [-0.05, 0) is 37.5 Å². The highest BCUT2D eigenvalue weighted by Gasteiger charge is 2.42. The maximum absolute atomic E-state index is 5.91. The molecular weight excluding hydrogens is 212 g/mol. The zero-order valence-electron chi connectivity index (χ0n) is 11.4. The lowest BCUT2D eigenvalue weighted by atomic mass is 9.73. The molecule has 0 spiro atoms. The minimum Gasteiger partial charge on any atom is -0.377 e. The normalized spacial score (nSPS) is 35.8. The molecule has 0 heterocycles. The Bertz CT molecular complexity index is 242. The largest absolute Gasteiger partial charge is 0.377 e. The van der Waals surface area contributed by atoms with E-state index in [0.717, 1.165) is 24.7 Å². The molecule has 3 heteroatoms. The first-order valence-electron chi connectivity index (χ1n) is 7.21. The fraction of sp³-hybridized carbons (Fsp3) is 1.00. The SMILES string of the molecule is COC1(C(CCC2CC2)NN)CCCC(C)C1. The van der Waals surface area contributed by atoms with Gasteiger partial charge >= 0.3 is 0 Å². The Balaban J connectivity index is 1.95. The van der Waals surface area contributed by atoms with Gasteiger partial charge in [-0.3, -0.25) is 11.3 Å². The lowest BCUT2D eigenvalue weighted by Crippen LogP contribution is -2.56. The zero-order valence-corrected chi connectivity index (χ0v) is 11.4. The van der Waals surface area contributed by atoms with Crippen molar-refractivity contribution >= 4 is 0 Å². The molecule has 17 heavy (non-hydrogen) atoms. The summed E-state index contributed by atoms with van der Waals surface area (Å²) in [5.41, 5.74) is 3.03. The van der Waals surface area contributed by atoms with E-state index in [4.69, 9.17) is 10.6 Å². The van der Waals surface area contributed by atoms with Crippen molar-refractivity contribution in [1.29, 1.82) is 0 Å². The molecule has 2 rings (SSSR count). The van der Waals surface area contributed by atoms with E-state index in [-0.39, 0.29) is 5.60 Å². The second kappa shape index (κ2) is 5.68. The molecule has 0 bridgehead atoms. The molecule has 2 aliphatic carbocycles. The van der Waals surface area contributed by atoms with Crippen LogP contribution in [0.25, 0.3) is 0 Å². The van der Waals surface area contributed by atoms with E-state index in [9.17, 15) is 0 Å². The lowest BCUT2D eigenvalue weighted by molar-refractivity contribution is -0.0815. The Labute approximate surface area is 105 Å². The summed E-state index contributed by atoms with van der Waals surface area (Å²) < 4.78 is 5.91. The number of methoxy groups -OCH3 is 1. The summed E-state index contributed by atoms with van der Waals surface area (Å²) in [5, 5.41) is 0. The van der Waals surface area contributed by atoms with Gasteiger partial charge in [0.25, 0.3) is 0 Å². The molecule has 0 radical (unpaired) electrons. The number of hydrogen-bond donors (Lipinski definition) is 2. The Morgan fingerprint density at radius 3 is 2.71 bits per heavy atom. The van der Waals surface area contributed by atoms with Gasteiger partial charge in [0.15, 0.2) is 0 Å². The van der Waals surface area contributed by atoms with Crippen molar-refractivity contribution in [1.82, 2.24) is 5.43 Å². The summed E-state index contributed by atoms with van der Waals surface area (Å²) in [7, 11) is 1.86. The molecule has 0 aliphatic heterocycles. The molecule has 3 atom stereocenters. The molecule has 100 valence electrons. The number of rotatable bonds is 6. The van der Waals surface area contributed by atoms with Gasteiger partial charge in [0.05, 0.1) is 11.6 Å². The van der Waals surface area contributed by atoms with Crippen molar-refractivity contribution in [3.05, 3.63) is 0 Å². The predicted molar refractivity (Wildman–Crippen MR) is 70.4 cm³/mol. The Morgan fingerprint density at radius 2 is 2.18 bits per heavy atom. The van der Waals surface area contributed by atoms with Gasteiger partial charge in [0.1, 0.15) is 0 Å². The number of nitrogens with one attached hydrogen (secondary N) is 1. The maximum Gasteiger partial charge on any atom is 0.0846 e. The van der Waals surface area contributed by atoms with E-state index < -0.39 is 0 Å². The molecule has 2 saturated carbocycles. The molecule has 0 saturated heterocycles. The maximum atomic E-state index is 5.91. The minimum absolute atomic E-state index is 0.0126. The van der Waals surface area contributed by atoms with Crippen LogP contribution in [0, 0.1) is 11.8 Å². The zero-order chi connectivity index (χ0) is 12.3. The van der Waals surface area contributed by atoms with Crippen LogP contribution < -0.4 is 11.3 Å². The van der Waals surface area contributed by atoms with Gasteiger partial charge in [0, 0.05) is 7.11 Å². The third kappa shape index (κ3) is 3.21. The molecule has 2 aliphatic rings. The van der Waals surface area contributed by atoms with E-state index in [1.54, 1.807) is 0 Å². The molecule has 0 amide bonds. The molecule has 3 unspecified atom stereocenters. The van der Waals surface area contributed by atoms with Crippen molar-refractivity contribution in [3.8, 4) is 0 Å². The van der Waals surface area contributed by atoms with Gasteiger partial charge in [0.2, 0.25) is 0 Å². The van der Waals surface area contributed by atoms with Crippen LogP contribution in [0.1, 0.15) is 58.3 Å². The van der Waals surface area contributed by atoms with Gasteiger partial charge in [-0.1, -0.05) is 32.6 Å². The molecule has 3 N–H and O–H groups in total. The number of nitrogens with two attached hydrogens (primary N) is 1. The van der Waals surface area contributed by atoms with Crippen molar-refractivity contribution in [2.24, 2.45) is 17.7 Å². The van der Waals surface area contributed by atoms with E-state index in [0.29, 0.717) is 6.04 Å². The first-order valence-corrected chi connectivity index (χ1v) is 7.21. The van der Waals surface area contributed by atoms with Crippen LogP contribution in [0.2, 0.25) is 0 Å². The van der Waals surface area contributed by atoms with Gasteiger partial charge in [-0.15, -0.1) is 0 Å². The van der Waals surface area contributed by atoms with Crippen molar-refractivity contribution in [2.75, 3.05) is 7.11 Å². The topological polar surface area (TPSA) is 47.3 Å². The van der Waals surface area contributed by atoms with Crippen LogP contribution in [-0.4, -0.2) is 18.8 Å². The summed E-state index contributed by atoms with van der Waals surface area (Å²) in [5.74, 6) is 7.52. The highest BCUT2D eigenvalue weighted by molar-refractivity contribution is 4.96.